The molecule has 16 heteroatoms. The number of ether oxygens (including phenoxy) is 2. The molecule has 2 aliphatic heterocycles. The first-order valence-electron chi connectivity index (χ1n) is 17.7. The fourth-order valence-corrected chi connectivity index (χ4v) is 6.79. The Kier molecular flexibility index (Phi) is 9.00. The molecule has 2 fully saturated rings. The van der Waals surface area contributed by atoms with Crippen LogP contribution in [0.15, 0.2) is 91.8 Å². The minimum Gasteiger partial charge on any atom is -0.384 e. The summed E-state index contributed by atoms with van der Waals surface area (Å²) in [6, 6.07) is 17.8. The predicted octanol–water partition coefficient (Wildman–Crippen LogP) is 4.75. The van der Waals surface area contributed by atoms with Gasteiger partial charge in [-0.2, -0.15) is 15.3 Å². The van der Waals surface area contributed by atoms with E-state index in [1.807, 2.05) is 42.5 Å². The monoisotopic (exact) mass is 720 g/mol. The van der Waals surface area contributed by atoms with Crippen molar-refractivity contribution in [3.8, 4) is 45.2 Å². The van der Waals surface area contributed by atoms with Crippen LogP contribution in [0.5, 0.6) is 0 Å². The molecule has 10 rings (SSSR count). The average molecular weight is 721 g/mol. The van der Waals surface area contributed by atoms with Gasteiger partial charge in [-0.25, -0.2) is 15.0 Å². The Morgan fingerprint density at radius 1 is 0.537 bits per heavy atom. The summed E-state index contributed by atoms with van der Waals surface area (Å²) >= 11 is 0. The molecule has 5 N–H and O–H groups in total. The molecule has 0 amide bonds. The van der Waals surface area contributed by atoms with Crippen LogP contribution in [0.4, 0.5) is 17.5 Å². The molecule has 8 aromatic heterocycles. The van der Waals surface area contributed by atoms with E-state index in [1.165, 1.54) is 0 Å². The van der Waals surface area contributed by atoms with Crippen LogP contribution in [0.25, 0.3) is 67.0 Å². The van der Waals surface area contributed by atoms with E-state index < -0.39 is 0 Å². The average Bonchev–Trinajstić information content (AvgIpc) is 4.07. The number of hydrogen-bond acceptors (Lipinski definition) is 13. The Balaban J connectivity index is 0.000000143. The molecule has 0 radical (unpaired) electrons. The fourth-order valence-electron chi connectivity index (χ4n) is 6.79. The van der Waals surface area contributed by atoms with E-state index in [4.69, 9.17) is 25.2 Å². The number of rotatable bonds is 6. The van der Waals surface area contributed by atoms with Gasteiger partial charge in [0.05, 0.1) is 43.5 Å². The summed E-state index contributed by atoms with van der Waals surface area (Å²) in [6.45, 7) is 6.05. The molecule has 0 aliphatic carbocycles. The van der Waals surface area contributed by atoms with E-state index >= 15 is 0 Å². The third kappa shape index (κ3) is 6.55. The first-order valence-corrected chi connectivity index (χ1v) is 17.7. The number of morpholine rings is 2. The standard InChI is InChI=1S/C20H19N7O.C18H17N7O/c21-17-2-1-13(12-23-17)15-11-18(27-7-9-28-10-8-27)25-19-14(15)3-5-22-20(19)16-4-6-24-26-16;1-4-19-18(15-3-6-21-24-15)17-12(1)13(14-2-5-20-23-14)11-16(22-17)25-7-9-26-10-8-25/h1-6,11-12H,7-10H2,(H2,21,23)(H,24,26);1-6,11H,7-10H2,(H,20,23)(H,21,24). The van der Waals surface area contributed by atoms with Gasteiger partial charge in [0.25, 0.3) is 0 Å². The van der Waals surface area contributed by atoms with Crippen LogP contribution >= 0.6 is 0 Å². The third-order valence-electron chi connectivity index (χ3n) is 9.50. The highest BCUT2D eigenvalue weighted by atomic mass is 16.5. The molecule has 16 nitrogen and oxygen atoms in total. The number of nitrogens with one attached hydrogen (secondary N) is 3. The van der Waals surface area contributed by atoms with Crippen molar-refractivity contribution in [1.82, 2.24) is 55.5 Å². The van der Waals surface area contributed by atoms with Gasteiger partial charge < -0.3 is 25.0 Å². The number of nitrogens with zero attached hydrogens (tertiary/aromatic N) is 10. The van der Waals surface area contributed by atoms with Crippen molar-refractivity contribution in [2.45, 2.75) is 0 Å². The number of aromatic amines is 3. The van der Waals surface area contributed by atoms with Crippen molar-refractivity contribution in [3.63, 3.8) is 0 Å². The highest BCUT2D eigenvalue weighted by molar-refractivity contribution is 6.02. The Bertz CT molecular complexity index is 2480. The Morgan fingerprint density at radius 2 is 1.04 bits per heavy atom. The number of H-pyrrole nitrogens is 3. The van der Waals surface area contributed by atoms with Crippen molar-refractivity contribution in [3.05, 3.63) is 91.8 Å². The molecular weight excluding hydrogens is 685 g/mol. The number of nitrogen functional groups attached to an aromatic ring is 1. The second-order valence-electron chi connectivity index (χ2n) is 12.7. The molecule has 10 heterocycles. The lowest BCUT2D eigenvalue weighted by Gasteiger charge is -2.28. The van der Waals surface area contributed by atoms with E-state index in [0.717, 1.165) is 105 Å². The Labute approximate surface area is 308 Å². The first-order chi connectivity index (χ1) is 26.7. The number of nitrogens with two attached hydrogens (primary N) is 1. The lowest BCUT2D eigenvalue weighted by Crippen LogP contribution is -2.36. The zero-order valence-corrected chi connectivity index (χ0v) is 29.2. The van der Waals surface area contributed by atoms with Crippen LogP contribution in [0.2, 0.25) is 0 Å². The molecule has 270 valence electrons. The predicted molar refractivity (Wildman–Crippen MR) is 206 cm³/mol. The fraction of sp³-hybridized carbons (Fsp3) is 0.211. The maximum Gasteiger partial charge on any atom is 0.130 e. The van der Waals surface area contributed by atoms with Gasteiger partial charge in [0, 0.05) is 85.3 Å². The zero-order valence-electron chi connectivity index (χ0n) is 29.2. The van der Waals surface area contributed by atoms with Crippen molar-refractivity contribution in [2.24, 2.45) is 0 Å². The van der Waals surface area contributed by atoms with Gasteiger partial charge in [-0.05, 0) is 60.2 Å². The van der Waals surface area contributed by atoms with E-state index in [-0.39, 0.29) is 0 Å². The number of anilines is 3. The molecule has 0 unspecified atom stereocenters. The smallest absolute Gasteiger partial charge is 0.130 e. The van der Waals surface area contributed by atoms with Crippen molar-refractivity contribution in [1.29, 1.82) is 0 Å². The normalized spacial score (nSPS) is 14.7. The van der Waals surface area contributed by atoms with Gasteiger partial charge in [-0.15, -0.1) is 0 Å². The maximum absolute atomic E-state index is 5.79. The maximum atomic E-state index is 5.79. The summed E-state index contributed by atoms with van der Waals surface area (Å²) in [4.78, 5) is 27.8. The molecule has 0 spiro atoms. The van der Waals surface area contributed by atoms with Crippen LogP contribution in [0.3, 0.4) is 0 Å². The van der Waals surface area contributed by atoms with Crippen LogP contribution < -0.4 is 15.5 Å². The van der Waals surface area contributed by atoms with Crippen molar-refractivity contribution in [2.75, 3.05) is 68.1 Å². The summed E-state index contributed by atoms with van der Waals surface area (Å²) in [5.74, 6) is 2.31. The number of hydrogen-bond donors (Lipinski definition) is 4. The SMILES string of the molecule is Nc1ccc(-c2cc(N3CCOCC3)nc3c(-c4ccn[nH]4)nccc23)cn1.c1cc(-c2cc(N3CCOCC3)nc3c(-c4ccn[nH]4)nccc23)[nH]n1. The Hall–Kier alpha value is -6.78. The van der Waals surface area contributed by atoms with Crippen LogP contribution in [-0.4, -0.2) is 108 Å². The van der Waals surface area contributed by atoms with Gasteiger partial charge in [-0.1, -0.05) is 0 Å². The molecule has 0 aromatic carbocycles. The molecular formula is C38H36N14O2. The zero-order chi connectivity index (χ0) is 36.3. The lowest BCUT2D eigenvalue weighted by atomic mass is 10.0. The molecule has 0 saturated carbocycles. The van der Waals surface area contributed by atoms with Crippen LogP contribution in [-0.2, 0) is 9.47 Å². The summed E-state index contributed by atoms with van der Waals surface area (Å²) in [5.41, 5.74) is 14.7. The molecule has 8 aromatic rings. The number of aromatic nitrogens is 11. The molecule has 0 atom stereocenters. The van der Waals surface area contributed by atoms with E-state index in [1.54, 1.807) is 37.2 Å². The van der Waals surface area contributed by atoms with Crippen molar-refractivity contribution < 1.29 is 9.47 Å². The minimum atomic E-state index is 0.496. The highest BCUT2D eigenvalue weighted by Crippen LogP contribution is 2.36. The molecule has 54 heavy (non-hydrogen) atoms. The largest absolute Gasteiger partial charge is 0.384 e. The highest BCUT2D eigenvalue weighted by Gasteiger charge is 2.21. The van der Waals surface area contributed by atoms with Crippen molar-refractivity contribution >= 4 is 39.3 Å². The third-order valence-corrected chi connectivity index (χ3v) is 9.50. The van der Waals surface area contributed by atoms with Gasteiger partial charge >= 0.3 is 0 Å². The van der Waals surface area contributed by atoms with Gasteiger partial charge in [-0.3, -0.25) is 25.3 Å². The van der Waals surface area contributed by atoms with Crippen LogP contribution in [0.1, 0.15) is 0 Å². The topological polar surface area (TPSA) is 201 Å². The summed E-state index contributed by atoms with van der Waals surface area (Å²) in [6.07, 6.45) is 10.6. The second kappa shape index (κ2) is 14.7. The second-order valence-corrected chi connectivity index (χ2v) is 12.7. The first kappa shape index (κ1) is 33.1. The van der Waals surface area contributed by atoms with Gasteiger partial charge in [0.15, 0.2) is 0 Å². The minimum absolute atomic E-state index is 0.496. The summed E-state index contributed by atoms with van der Waals surface area (Å²) in [7, 11) is 0. The molecule has 2 saturated heterocycles. The Morgan fingerprint density at radius 3 is 1.52 bits per heavy atom. The number of pyridine rings is 5. The molecule has 2 aliphatic rings. The number of fused-ring (bicyclic) bond motifs is 2. The molecule has 0 bridgehead atoms. The van der Waals surface area contributed by atoms with E-state index in [0.29, 0.717) is 32.2 Å². The lowest BCUT2D eigenvalue weighted by molar-refractivity contribution is 0.122. The van der Waals surface area contributed by atoms with Crippen LogP contribution in [0, 0.1) is 0 Å². The van der Waals surface area contributed by atoms with E-state index in [9.17, 15) is 0 Å². The summed E-state index contributed by atoms with van der Waals surface area (Å²) < 4.78 is 11.0. The quantitative estimate of drug-likeness (QED) is 0.184. The van der Waals surface area contributed by atoms with E-state index in [2.05, 4.69) is 67.5 Å². The van der Waals surface area contributed by atoms with Gasteiger partial charge in [0.1, 0.15) is 39.9 Å². The van der Waals surface area contributed by atoms with Gasteiger partial charge in [0.2, 0.25) is 0 Å². The summed E-state index contributed by atoms with van der Waals surface area (Å²) in [5, 5.41) is 23.3.